The summed E-state index contributed by atoms with van der Waals surface area (Å²) in [5.41, 5.74) is 6.66. The van der Waals surface area contributed by atoms with Crippen molar-refractivity contribution in [2.75, 3.05) is 32.0 Å². The lowest BCUT2D eigenvalue weighted by atomic mass is 9.94. The highest BCUT2D eigenvalue weighted by Crippen LogP contribution is 2.29. The zero-order valence-electron chi connectivity index (χ0n) is 23.4. The Morgan fingerprint density at radius 2 is 2.05 bits per heavy atom. The van der Waals surface area contributed by atoms with Gasteiger partial charge in [0.1, 0.15) is 17.8 Å². The van der Waals surface area contributed by atoms with Gasteiger partial charge in [-0.1, -0.05) is 32.0 Å². The molecule has 1 atom stereocenters. The van der Waals surface area contributed by atoms with Gasteiger partial charge in [0, 0.05) is 66.4 Å². The van der Waals surface area contributed by atoms with Crippen LogP contribution in [0.3, 0.4) is 0 Å². The molecule has 208 valence electrons. The molecule has 8 nitrogen and oxygen atoms in total. The van der Waals surface area contributed by atoms with E-state index in [1.807, 2.05) is 68.5 Å². The summed E-state index contributed by atoms with van der Waals surface area (Å²) in [5.74, 6) is 0.214. The largest absolute Gasteiger partial charge is 0.390 e. The lowest BCUT2D eigenvalue weighted by Gasteiger charge is -2.34. The maximum absolute atomic E-state index is 14.2. The zero-order valence-corrected chi connectivity index (χ0v) is 23.4. The summed E-state index contributed by atoms with van der Waals surface area (Å²) in [6.45, 7) is 7.16. The third-order valence-electron chi connectivity index (χ3n) is 7.31. The molecular formula is C31H37FN8. The number of hydrazone groups is 1. The SMILES string of the molecule is CC.CN/C(=C\Nc1ccc2[nH]nc(C3=CN4CC(=NC=N4)C=C3)c2c1)[C@@H]1CCCN(Cc2ccccc2F)C1. The van der Waals surface area contributed by atoms with E-state index >= 15 is 0 Å². The van der Waals surface area contributed by atoms with Crippen LogP contribution in [0.15, 0.2) is 82.8 Å². The molecule has 3 aliphatic heterocycles. The molecule has 4 heterocycles. The predicted octanol–water partition coefficient (Wildman–Crippen LogP) is 5.72. The number of aromatic amines is 1. The summed E-state index contributed by atoms with van der Waals surface area (Å²) in [6, 6.07) is 13.3. The first-order valence-electron chi connectivity index (χ1n) is 14.0. The molecule has 3 aliphatic rings. The van der Waals surface area contributed by atoms with Crippen molar-refractivity contribution in [3.8, 4) is 0 Å². The second kappa shape index (κ2) is 12.7. The van der Waals surface area contributed by atoms with Crippen LogP contribution < -0.4 is 10.6 Å². The van der Waals surface area contributed by atoms with E-state index in [1.54, 1.807) is 12.4 Å². The fourth-order valence-corrected chi connectivity index (χ4v) is 5.32. The molecule has 1 fully saturated rings. The molecule has 3 N–H and O–H groups in total. The Bertz CT molecular complexity index is 1480. The molecule has 1 aromatic heterocycles. The summed E-state index contributed by atoms with van der Waals surface area (Å²) in [7, 11) is 1.96. The van der Waals surface area contributed by atoms with E-state index < -0.39 is 0 Å². The number of hydrogen-bond donors (Lipinski definition) is 3. The fourth-order valence-electron chi connectivity index (χ4n) is 5.32. The Hall–Kier alpha value is -4.24. The van der Waals surface area contributed by atoms with Crippen LogP contribution in [0, 0.1) is 11.7 Å². The van der Waals surface area contributed by atoms with E-state index in [4.69, 9.17) is 0 Å². The van der Waals surface area contributed by atoms with Crippen LogP contribution in [-0.2, 0) is 6.54 Å². The number of halogens is 1. The van der Waals surface area contributed by atoms with Crippen LogP contribution >= 0.6 is 0 Å². The highest BCUT2D eigenvalue weighted by molar-refractivity contribution is 6.05. The topological polar surface area (TPSA) is 83.9 Å². The smallest absolute Gasteiger partial charge is 0.136 e. The quantitative estimate of drug-likeness (QED) is 0.357. The first-order chi connectivity index (χ1) is 19.7. The van der Waals surface area contributed by atoms with E-state index in [0.29, 0.717) is 19.0 Å². The highest BCUT2D eigenvalue weighted by atomic mass is 19.1. The maximum Gasteiger partial charge on any atom is 0.136 e. The molecule has 0 aliphatic carbocycles. The third kappa shape index (κ3) is 6.15. The van der Waals surface area contributed by atoms with Crippen molar-refractivity contribution in [2.24, 2.45) is 16.0 Å². The molecule has 6 rings (SSSR count). The second-order valence-corrected chi connectivity index (χ2v) is 9.86. The van der Waals surface area contributed by atoms with Crippen molar-refractivity contribution in [3.05, 3.63) is 89.8 Å². The first kappa shape index (κ1) is 27.3. The summed E-state index contributed by atoms with van der Waals surface area (Å²) >= 11 is 0. The number of piperidine rings is 1. The van der Waals surface area contributed by atoms with E-state index in [1.165, 1.54) is 6.07 Å². The molecule has 0 amide bonds. The normalized spacial score (nSPS) is 18.9. The molecule has 3 aromatic rings. The minimum absolute atomic E-state index is 0.133. The number of nitrogens with one attached hydrogen (secondary N) is 3. The number of anilines is 1. The molecule has 1 saturated heterocycles. The summed E-state index contributed by atoms with van der Waals surface area (Å²) in [5, 5.41) is 21.9. The Morgan fingerprint density at radius 1 is 1.18 bits per heavy atom. The Morgan fingerprint density at radius 3 is 2.90 bits per heavy atom. The summed E-state index contributed by atoms with van der Waals surface area (Å²) in [4.78, 5) is 6.65. The van der Waals surface area contributed by atoms with Crippen molar-refractivity contribution in [1.29, 1.82) is 0 Å². The lowest BCUT2D eigenvalue weighted by molar-refractivity contribution is 0.179. The molecule has 0 radical (unpaired) electrons. The van der Waals surface area contributed by atoms with E-state index in [2.05, 4.69) is 48.1 Å². The van der Waals surface area contributed by atoms with E-state index in [-0.39, 0.29) is 5.82 Å². The van der Waals surface area contributed by atoms with Gasteiger partial charge in [-0.05, 0) is 55.8 Å². The first-order valence-corrected chi connectivity index (χ1v) is 14.0. The van der Waals surface area contributed by atoms with Gasteiger partial charge in [0.15, 0.2) is 0 Å². The van der Waals surface area contributed by atoms with E-state index in [9.17, 15) is 4.39 Å². The number of likely N-dealkylation sites (tertiary alicyclic amines) is 1. The van der Waals surface area contributed by atoms with Crippen molar-refractivity contribution in [2.45, 2.75) is 33.2 Å². The minimum atomic E-state index is -0.133. The van der Waals surface area contributed by atoms with Crippen LogP contribution in [0.2, 0.25) is 0 Å². The number of benzene rings is 2. The van der Waals surface area contributed by atoms with Crippen LogP contribution in [0.25, 0.3) is 16.5 Å². The predicted molar refractivity (Wildman–Crippen MR) is 162 cm³/mol. The molecule has 2 aromatic carbocycles. The highest BCUT2D eigenvalue weighted by Gasteiger charge is 2.23. The Labute approximate surface area is 235 Å². The van der Waals surface area contributed by atoms with Crippen LogP contribution in [0.1, 0.15) is 37.9 Å². The van der Waals surface area contributed by atoms with Gasteiger partial charge in [0.2, 0.25) is 0 Å². The van der Waals surface area contributed by atoms with Gasteiger partial charge in [-0.15, -0.1) is 0 Å². The van der Waals surface area contributed by atoms with Gasteiger partial charge < -0.3 is 10.6 Å². The zero-order chi connectivity index (χ0) is 27.9. The monoisotopic (exact) mass is 540 g/mol. The molecule has 40 heavy (non-hydrogen) atoms. The molecule has 9 heteroatoms. The number of hydrogen-bond acceptors (Lipinski definition) is 7. The average molecular weight is 541 g/mol. The molecular weight excluding hydrogens is 503 g/mol. The average Bonchev–Trinajstić information content (AvgIpc) is 3.35. The Kier molecular flexibility index (Phi) is 8.71. The summed E-state index contributed by atoms with van der Waals surface area (Å²) in [6.07, 6.45) is 11.9. The molecule has 2 bridgehead atoms. The lowest BCUT2D eigenvalue weighted by Crippen LogP contribution is -2.38. The van der Waals surface area contributed by atoms with Crippen molar-refractivity contribution in [1.82, 2.24) is 25.4 Å². The van der Waals surface area contributed by atoms with Crippen LogP contribution in [0.5, 0.6) is 0 Å². The number of H-pyrrole nitrogens is 1. The molecule has 0 saturated carbocycles. The number of aliphatic imine (C=N–C) groups is 1. The van der Waals surface area contributed by atoms with Crippen molar-refractivity contribution < 1.29 is 4.39 Å². The van der Waals surface area contributed by atoms with Gasteiger partial charge >= 0.3 is 0 Å². The van der Waals surface area contributed by atoms with Gasteiger partial charge in [-0.2, -0.15) is 10.2 Å². The number of rotatable bonds is 7. The van der Waals surface area contributed by atoms with Gasteiger partial charge in [-0.3, -0.25) is 15.0 Å². The van der Waals surface area contributed by atoms with Crippen LogP contribution in [-0.4, -0.2) is 58.8 Å². The molecule has 0 unspecified atom stereocenters. The van der Waals surface area contributed by atoms with E-state index in [0.717, 1.165) is 70.8 Å². The standard InChI is InChI=1S/C29H31FN8.C2H6/c1-31-28(21-6-4-12-37(16-21)15-20-5-2-3-7-26(20)30)14-32-23-10-11-27-25(13-23)29(36-35-27)22-8-9-24-18-38(17-22)34-19-33-24;1-2/h2-3,5,7-11,13-14,17,19,21,31-32H,4,6,12,15-16,18H2,1H3,(H,35,36);1-2H3/b28-14-;/t21-;/m1./s1. The van der Waals surface area contributed by atoms with Gasteiger partial charge in [-0.25, -0.2) is 9.38 Å². The van der Waals surface area contributed by atoms with Gasteiger partial charge in [0.25, 0.3) is 0 Å². The van der Waals surface area contributed by atoms with Crippen molar-refractivity contribution >= 4 is 34.2 Å². The van der Waals surface area contributed by atoms with Crippen LogP contribution in [0.4, 0.5) is 10.1 Å². The van der Waals surface area contributed by atoms with Gasteiger partial charge in [0.05, 0.1) is 17.8 Å². The van der Waals surface area contributed by atoms with Crippen molar-refractivity contribution in [3.63, 3.8) is 0 Å². The Balaban J connectivity index is 0.00000158. The second-order valence-electron chi connectivity index (χ2n) is 9.86. The maximum atomic E-state index is 14.2. The fraction of sp³-hybridized carbons (Fsp3) is 0.323. The number of fused-ring (bicyclic) bond motifs is 3. The molecule has 0 spiro atoms. The number of nitrogens with zero attached hydrogens (tertiary/aromatic N) is 5. The number of aromatic nitrogens is 2. The summed E-state index contributed by atoms with van der Waals surface area (Å²) < 4.78 is 14.2. The third-order valence-corrected chi connectivity index (χ3v) is 7.31. The minimum Gasteiger partial charge on any atom is -0.390 e. The number of allylic oxidation sites excluding steroid dienone is 2.